The predicted molar refractivity (Wildman–Crippen MR) is 487 cm³/mol. The highest BCUT2D eigenvalue weighted by molar-refractivity contribution is 7.00. The first-order valence-electron chi connectivity index (χ1n) is 42.9. The number of ether oxygens (including phenoxy) is 1. The lowest BCUT2D eigenvalue weighted by Crippen LogP contribution is -2.61. The monoisotopic (exact) mass is 1490 g/mol. The molecule has 5 heterocycles. The van der Waals surface area contributed by atoms with Crippen LogP contribution in [0.15, 0.2) is 358 Å². The van der Waals surface area contributed by atoms with E-state index in [9.17, 15) is 8.22 Å². The van der Waals surface area contributed by atoms with E-state index in [0.29, 0.717) is 39.1 Å². The van der Waals surface area contributed by atoms with Crippen molar-refractivity contribution < 1.29 is 13.0 Å². The third-order valence-corrected chi connectivity index (χ3v) is 23.7. The van der Waals surface area contributed by atoms with E-state index in [2.05, 4.69) is 300 Å². The zero-order valence-electron chi connectivity index (χ0n) is 71.8. The van der Waals surface area contributed by atoms with Crippen LogP contribution in [0.4, 0.5) is 51.2 Å². The Kier molecular flexibility index (Phi) is 14.5. The first-order chi connectivity index (χ1) is 58.5. The normalized spacial score (nSPS) is 13.8. The second-order valence-corrected chi connectivity index (χ2v) is 33.9. The van der Waals surface area contributed by atoms with Crippen LogP contribution in [0.2, 0.25) is 0 Å². The van der Waals surface area contributed by atoms with Gasteiger partial charge in [0.15, 0.2) is 11.5 Å². The van der Waals surface area contributed by atoms with Crippen LogP contribution in [0.3, 0.4) is 0 Å². The Hall–Kier alpha value is -13.6. The van der Waals surface area contributed by atoms with Gasteiger partial charge in [0, 0.05) is 83.6 Å². The van der Waals surface area contributed by atoms with Gasteiger partial charge in [-0.1, -0.05) is 299 Å². The molecule has 115 heavy (non-hydrogen) atoms. The van der Waals surface area contributed by atoms with Gasteiger partial charge in [0.2, 0.25) is 0 Å². The minimum atomic E-state index is -1.17. The van der Waals surface area contributed by atoms with Gasteiger partial charge < -0.3 is 28.6 Å². The minimum Gasteiger partial charge on any atom is -0.453 e. The van der Waals surface area contributed by atoms with E-state index >= 15 is 0 Å². The highest BCUT2D eigenvalue weighted by Gasteiger charge is 2.47. The molecule has 0 saturated carbocycles. The van der Waals surface area contributed by atoms with E-state index in [1.807, 2.05) is 108 Å². The van der Waals surface area contributed by atoms with Crippen molar-refractivity contribution >= 4 is 118 Å². The highest BCUT2D eigenvalue weighted by atomic mass is 16.5. The number of anilines is 9. The third-order valence-electron chi connectivity index (χ3n) is 23.7. The zero-order valence-corrected chi connectivity index (χ0v) is 65.8. The minimum absolute atomic E-state index is 0.0106. The van der Waals surface area contributed by atoms with E-state index in [1.54, 1.807) is 0 Å². The summed E-state index contributed by atoms with van der Waals surface area (Å²) in [5.41, 5.74) is 21.9. The average molecular weight is 1490 g/mol. The van der Waals surface area contributed by atoms with Crippen molar-refractivity contribution in [2.24, 2.45) is 0 Å². The van der Waals surface area contributed by atoms with Crippen LogP contribution in [0.25, 0.3) is 111 Å². The van der Waals surface area contributed by atoms with E-state index < -0.39 is 12.1 Å². The molecular weight excluding hydrogens is 1390 g/mol. The van der Waals surface area contributed by atoms with E-state index in [1.165, 1.54) is 0 Å². The fourth-order valence-electron chi connectivity index (χ4n) is 18.0. The molecule has 18 aromatic rings. The van der Waals surface area contributed by atoms with Crippen molar-refractivity contribution in [1.82, 2.24) is 9.13 Å². The lowest BCUT2D eigenvalue weighted by Gasteiger charge is -2.47. The summed E-state index contributed by atoms with van der Waals surface area (Å²) in [7, 11) is 0. The molecule has 21 rings (SSSR count). The number of aromatic nitrogens is 2. The molecule has 552 valence electrons. The van der Waals surface area contributed by atoms with Gasteiger partial charge in [0.05, 0.1) is 53.0 Å². The Morgan fingerprint density at radius 3 is 1.08 bits per heavy atom. The van der Waals surface area contributed by atoms with Crippen LogP contribution < -0.4 is 35.8 Å². The molecule has 0 aliphatic carbocycles. The van der Waals surface area contributed by atoms with Crippen LogP contribution >= 0.6 is 0 Å². The maximum absolute atomic E-state index is 12.0. The summed E-state index contributed by atoms with van der Waals surface area (Å²) in [4.78, 5) is 6.80. The number of nitrogens with zero attached hydrogens (tertiary/aromatic N) is 5. The number of hydrogen-bond donors (Lipinski definition) is 0. The van der Waals surface area contributed by atoms with Crippen molar-refractivity contribution in [3.05, 3.63) is 374 Å². The SMILES string of the molecule is [2H]c1c([2H])c(-n2c3ccccc3c3cc(N4c5ccccc5Oc5ccccc54)ccc32)c([2H])c2c1B1c3c(cc(C(C)(C)C)cc3N(c3c(-c4ccccc4)cc(C(C)(C)C)cc3-c3ccccc3)c3c([2H])c(-n4c5ccccc5c5ccc(-c6ccccc6)cc54)c([2H])c([2H])c31)N2c1c(-c2ccccc2)cc(C(C)(C)C)cc1-c1ccccc1. The van der Waals surface area contributed by atoms with Gasteiger partial charge in [0.1, 0.15) is 0 Å². The van der Waals surface area contributed by atoms with Crippen LogP contribution in [0.5, 0.6) is 11.5 Å². The smallest absolute Gasteiger partial charge is 0.252 e. The summed E-state index contributed by atoms with van der Waals surface area (Å²) >= 11 is 0. The number of benzene rings is 16. The average Bonchev–Trinajstić information content (AvgIpc) is 1.26. The Labute approximate surface area is 682 Å². The Balaban J connectivity index is 0.957. The molecule has 0 radical (unpaired) electrons. The summed E-state index contributed by atoms with van der Waals surface area (Å²) in [5, 5.41) is 3.61. The van der Waals surface area contributed by atoms with Crippen LogP contribution in [0, 0.1) is 0 Å². The summed E-state index contributed by atoms with van der Waals surface area (Å²) in [6, 6.07) is 111. The van der Waals surface area contributed by atoms with Crippen molar-refractivity contribution in [2.45, 2.75) is 78.6 Å². The molecule has 16 aromatic carbocycles. The summed E-state index contributed by atoms with van der Waals surface area (Å²) in [6.45, 7) is 19.1. The molecule has 3 aliphatic rings. The maximum Gasteiger partial charge on any atom is 0.252 e. The van der Waals surface area contributed by atoms with Gasteiger partial charge in [0.25, 0.3) is 6.71 Å². The molecule has 0 saturated heterocycles. The van der Waals surface area contributed by atoms with Gasteiger partial charge in [-0.15, -0.1) is 0 Å². The zero-order chi connectivity index (χ0) is 83.0. The van der Waals surface area contributed by atoms with Crippen molar-refractivity contribution in [3.63, 3.8) is 0 Å². The second-order valence-electron chi connectivity index (χ2n) is 33.9. The molecule has 0 fully saturated rings. The Morgan fingerprint density at radius 2 is 0.635 bits per heavy atom. The van der Waals surface area contributed by atoms with Gasteiger partial charge in [-0.2, -0.15) is 0 Å². The molecule has 7 heteroatoms. The summed E-state index contributed by atoms with van der Waals surface area (Å²) in [6.07, 6.45) is 0. The van der Waals surface area contributed by atoms with Gasteiger partial charge in [-0.3, -0.25) is 0 Å². The first-order valence-corrected chi connectivity index (χ1v) is 39.9. The standard InChI is InChI=1S/C108H86BN5O/c1-106(2,3)75-60-84(70-35-17-11-18-36-70)104(85(61-75)71-37-19-12-20-38-71)113-97-67-79(110-92-46-28-26-44-82(92)88-66-78(54-58-93(88)110)112-94-47-29-31-49-101(94)115-102-50-32-30-48-95(102)112)52-56-89(97)109-90-57-53-80(111-91-45-27-25-43-81(91)83-55-51-74(59-96(83)111)69-33-15-10-16-34-69)68-98(90)114(100-65-77(108(7,8)9)64-99(113)103(100)109)105-86(72-39-21-13-22-40-72)62-76(107(4,5)6)63-87(105)73-41-23-14-24-42-73/h10-68H,1-9H3/i52D,53D,56D,57D,67D,68D. The van der Waals surface area contributed by atoms with E-state index in [0.717, 1.165) is 156 Å². The molecule has 0 atom stereocenters. The van der Waals surface area contributed by atoms with Gasteiger partial charge >= 0.3 is 0 Å². The molecule has 0 unspecified atom stereocenters. The van der Waals surface area contributed by atoms with Gasteiger partial charge in [-0.05, 0) is 204 Å². The van der Waals surface area contributed by atoms with Crippen LogP contribution in [0.1, 0.15) is 87.2 Å². The lowest BCUT2D eigenvalue weighted by molar-refractivity contribution is 0.477. The van der Waals surface area contributed by atoms with Crippen LogP contribution in [-0.4, -0.2) is 15.8 Å². The first kappa shape index (κ1) is 63.0. The van der Waals surface area contributed by atoms with Crippen LogP contribution in [-0.2, 0) is 16.2 Å². The molecule has 0 spiro atoms. The van der Waals surface area contributed by atoms with E-state index in [-0.39, 0.29) is 58.5 Å². The molecule has 6 nitrogen and oxygen atoms in total. The lowest BCUT2D eigenvalue weighted by atomic mass is 9.33. The quantitative estimate of drug-likeness (QED) is 0.128. The fraction of sp³-hybridized carbons (Fsp3) is 0.111. The van der Waals surface area contributed by atoms with Crippen molar-refractivity contribution in [1.29, 1.82) is 0 Å². The molecule has 2 aromatic heterocycles. The molecule has 0 bridgehead atoms. The Bertz CT molecular complexity index is 7160. The number of hydrogen-bond acceptors (Lipinski definition) is 4. The second kappa shape index (κ2) is 26.5. The number of para-hydroxylation sites is 6. The van der Waals surface area contributed by atoms with Crippen molar-refractivity contribution in [2.75, 3.05) is 14.7 Å². The number of fused-ring (bicyclic) bond motifs is 12. The predicted octanol–water partition coefficient (Wildman–Crippen LogP) is 27.8. The van der Waals surface area contributed by atoms with Crippen molar-refractivity contribution in [3.8, 4) is 78.5 Å². The molecule has 0 amide bonds. The topological polar surface area (TPSA) is 28.8 Å². The fourth-order valence-corrected chi connectivity index (χ4v) is 18.0. The molecular formula is C108H86BN5O. The highest BCUT2D eigenvalue weighted by Crippen LogP contribution is 2.57. The van der Waals surface area contributed by atoms with E-state index in [4.69, 9.17) is 4.74 Å². The Morgan fingerprint density at radius 1 is 0.270 bits per heavy atom. The molecule has 3 aliphatic heterocycles. The van der Waals surface area contributed by atoms with Gasteiger partial charge in [-0.25, -0.2) is 0 Å². The number of rotatable bonds is 10. The summed E-state index contributed by atoms with van der Waals surface area (Å²) in [5.74, 6) is 1.44. The molecule has 0 N–H and O–H groups in total. The largest absolute Gasteiger partial charge is 0.453 e. The summed E-state index contributed by atoms with van der Waals surface area (Å²) < 4.78 is 80.5. The maximum atomic E-state index is 12.0. The third kappa shape index (κ3) is 11.4.